The zero-order valence-corrected chi connectivity index (χ0v) is 5.51. The first-order chi connectivity index (χ1) is 4.38. The molecule has 0 radical (unpaired) electrons. The van der Waals surface area contributed by atoms with Crippen LogP contribution in [0, 0.1) is 11.8 Å². The third-order valence-electron chi connectivity index (χ3n) is 2.40. The van der Waals surface area contributed by atoms with Gasteiger partial charge in [0.15, 0.2) is 0 Å². The minimum atomic E-state index is 0.0197. The maximum Gasteiger partial charge on any atom is 0.0620 e. The molecule has 9 heavy (non-hydrogen) atoms. The van der Waals surface area contributed by atoms with E-state index in [1.54, 1.807) is 0 Å². The van der Waals surface area contributed by atoms with E-state index in [-0.39, 0.29) is 6.10 Å². The van der Waals surface area contributed by atoms with Gasteiger partial charge in [-0.3, -0.25) is 0 Å². The molecule has 1 aliphatic carbocycles. The van der Waals surface area contributed by atoms with Gasteiger partial charge in [0.05, 0.1) is 6.10 Å². The average Bonchev–Trinajstić information content (AvgIpc) is 2.37. The van der Waals surface area contributed by atoms with Crippen LogP contribution in [0.5, 0.6) is 0 Å². The van der Waals surface area contributed by atoms with Crippen molar-refractivity contribution in [3.8, 4) is 0 Å². The summed E-state index contributed by atoms with van der Waals surface area (Å²) in [4.78, 5) is 0. The SMILES string of the molecule is OC(C1CC1)C1CNC1. The minimum absolute atomic E-state index is 0.0197. The molecule has 2 N–H and O–H groups in total. The fourth-order valence-corrected chi connectivity index (χ4v) is 1.38. The van der Waals surface area contributed by atoms with Gasteiger partial charge >= 0.3 is 0 Å². The molecule has 2 nitrogen and oxygen atoms in total. The van der Waals surface area contributed by atoms with Crippen molar-refractivity contribution in [3.63, 3.8) is 0 Å². The Balaban J connectivity index is 1.81. The van der Waals surface area contributed by atoms with Gasteiger partial charge in [0.1, 0.15) is 0 Å². The van der Waals surface area contributed by atoms with Crippen LogP contribution in [0.15, 0.2) is 0 Å². The highest BCUT2D eigenvalue weighted by molar-refractivity contribution is 4.90. The maximum atomic E-state index is 9.47. The highest BCUT2D eigenvalue weighted by Crippen LogP contribution is 2.36. The first-order valence-electron chi connectivity index (χ1n) is 3.76. The average molecular weight is 127 g/mol. The van der Waals surface area contributed by atoms with E-state index in [2.05, 4.69) is 5.32 Å². The fraction of sp³-hybridized carbons (Fsp3) is 1.00. The summed E-state index contributed by atoms with van der Waals surface area (Å²) >= 11 is 0. The molecule has 0 spiro atoms. The smallest absolute Gasteiger partial charge is 0.0620 e. The Morgan fingerprint density at radius 1 is 1.22 bits per heavy atom. The van der Waals surface area contributed by atoms with Crippen LogP contribution in [0.3, 0.4) is 0 Å². The van der Waals surface area contributed by atoms with Crippen LogP contribution in [0.25, 0.3) is 0 Å². The second-order valence-corrected chi connectivity index (χ2v) is 3.25. The lowest BCUT2D eigenvalue weighted by atomic mass is 9.93. The number of aliphatic hydroxyl groups is 1. The zero-order chi connectivity index (χ0) is 6.27. The van der Waals surface area contributed by atoms with Crippen molar-refractivity contribution >= 4 is 0 Å². The van der Waals surface area contributed by atoms with E-state index in [4.69, 9.17) is 0 Å². The summed E-state index contributed by atoms with van der Waals surface area (Å²) in [5, 5.41) is 12.6. The van der Waals surface area contributed by atoms with Gasteiger partial charge in [0, 0.05) is 19.0 Å². The van der Waals surface area contributed by atoms with Gasteiger partial charge in [-0.2, -0.15) is 0 Å². The van der Waals surface area contributed by atoms with Crippen molar-refractivity contribution < 1.29 is 5.11 Å². The van der Waals surface area contributed by atoms with Crippen LogP contribution >= 0.6 is 0 Å². The van der Waals surface area contributed by atoms with E-state index in [9.17, 15) is 5.11 Å². The molecule has 1 saturated carbocycles. The molecule has 0 bridgehead atoms. The molecular formula is C7H13NO. The Morgan fingerprint density at radius 3 is 2.22 bits per heavy atom. The van der Waals surface area contributed by atoms with Crippen molar-refractivity contribution in [3.05, 3.63) is 0 Å². The predicted molar refractivity (Wildman–Crippen MR) is 35.1 cm³/mol. The molecule has 52 valence electrons. The Morgan fingerprint density at radius 2 is 1.89 bits per heavy atom. The van der Waals surface area contributed by atoms with Gasteiger partial charge < -0.3 is 10.4 Å². The predicted octanol–water partition coefficient (Wildman–Crippen LogP) is -0.0233. The third kappa shape index (κ3) is 0.970. The molecule has 0 aromatic heterocycles. The summed E-state index contributed by atoms with van der Waals surface area (Å²) in [6.45, 7) is 2.08. The van der Waals surface area contributed by atoms with Crippen molar-refractivity contribution in [2.24, 2.45) is 11.8 Å². The second kappa shape index (κ2) is 1.96. The van der Waals surface area contributed by atoms with Crippen LogP contribution in [0.4, 0.5) is 0 Å². The largest absolute Gasteiger partial charge is 0.392 e. The lowest BCUT2D eigenvalue weighted by Gasteiger charge is -2.31. The molecule has 1 saturated heterocycles. The Hall–Kier alpha value is -0.0800. The van der Waals surface area contributed by atoms with E-state index in [1.807, 2.05) is 0 Å². The van der Waals surface area contributed by atoms with E-state index >= 15 is 0 Å². The Kier molecular flexibility index (Phi) is 1.24. The van der Waals surface area contributed by atoms with Crippen molar-refractivity contribution in [1.29, 1.82) is 0 Å². The quantitative estimate of drug-likeness (QED) is 0.546. The number of aliphatic hydroxyl groups excluding tert-OH is 1. The lowest BCUT2D eigenvalue weighted by Crippen LogP contribution is -2.49. The molecule has 2 heteroatoms. The van der Waals surface area contributed by atoms with Crippen LogP contribution in [0.2, 0.25) is 0 Å². The zero-order valence-electron chi connectivity index (χ0n) is 5.51. The molecule has 2 rings (SSSR count). The molecule has 1 aliphatic heterocycles. The van der Waals surface area contributed by atoms with Gasteiger partial charge in [0.2, 0.25) is 0 Å². The van der Waals surface area contributed by atoms with Crippen LogP contribution < -0.4 is 5.32 Å². The van der Waals surface area contributed by atoms with Crippen LogP contribution in [0.1, 0.15) is 12.8 Å². The van der Waals surface area contributed by atoms with E-state index in [0.717, 1.165) is 13.1 Å². The number of rotatable bonds is 2. The molecule has 1 unspecified atom stereocenters. The number of nitrogens with one attached hydrogen (secondary N) is 1. The first kappa shape index (κ1) is 5.69. The van der Waals surface area contributed by atoms with E-state index in [0.29, 0.717) is 11.8 Å². The highest BCUT2D eigenvalue weighted by atomic mass is 16.3. The topological polar surface area (TPSA) is 32.3 Å². The van der Waals surface area contributed by atoms with Crippen molar-refractivity contribution in [1.82, 2.24) is 5.32 Å². The van der Waals surface area contributed by atoms with Gasteiger partial charge in [-0.1, -0.05) is 0 Å². The van der Waals surface area contributed by atoms with Crippen LogP contribution in [-0.2, 0) is 0 Å². The summed E-state index contributed by atoms with van der Waals surface area (Å²) < 4.78 is 0. The monoisotopic (exact) mass is 127 g/mol. The van der Waals surface area contributed by atoms with Gasteiger partial charge in [-0.05, 0) is 18.8 Å². The highest BCUT2D eigenvalue weighted by Gasteiger charge is 2.37. The number of hydrogen-bond donors (Lipinski definition) is 2. The lowest BCUT2D eigenvalue weighted by molar-refractivity contribution is 0.0586. The Bertz CT molecular complexity index is 107. The van der Waals surface area contributed by atoms with Crippen molar-refractivity contribution in [2.75, 3.05) is 13.1 Å². The van der Waals surface area contributed by atoms with Crippen molar-refractivity contribution in [2.45, 2.75) is 18.9 Å². The standard InChI is InChI=1S/C7H13NO/c9-7(5-1-2-5)6-3-8-4-6/h5-9H,1-4H2. The summed E-state index contributed by atoms with van der Waals surface area (Å²) in [5.41, 5.74) is 0. The summed E-state index contributed by atoms with van der Waals surface area (Å²) in [6.07, 6.45) is 2.54. The van der Waals surface area contributed by atoms with Gasteiger partial charge in [-0.15, -0.1) is 0 Å². The molecular weight excluding hydrogens is 114 g/mol. The summed E-state index contributed by atoms with van der Waals surface area (Å²) in [7, 11) is 0. The summed E-state index contributed by atoms with van der Waals surface area (Å²) in [6, 6.07) is 0. The number of hydrogen-bond acceptors (Lipinski definition) is 2. The molecule has 0 aromatic rings. The normalized spacial score (nSPS) is 31.7. The summed E-state index contributed by atoms with van der Waals surface area (Å²) in [5.74, 6) is 1.24. The first-order valence-corrected chi connectivity index (χ1v) is 3.76. The second-order valence-electron chi connectivity index (χ2n) is 3.25. The van der Waals surface area contributed by atoms with Gasteiger partial charge in [0.25, 0.3) is 0 Å². The fourth-order valence-electron chi connectivity index (χ4n) is 1.38. The molecule has 1 heterocycles. The van der Waals surface area contributed by atoms with E-state index in [1.165, 1.54) is 12.8 Å². The van der Waals surface area contributed by atoms with E-state index < -0.39 is 0 Å². The maximum absolute atomic E-state index is 9.47. The molecule has 0 amide bonds. The van der Waals surface area contributed by atoms with Gasteiger partial charge in [-0.25, -0.2) is 0 Å². The molecule has 2 fully saturated rings. The Labute approximate surface area is 55.3 Å². The molecule has 0 aromatic carbocycles. The minimum Gasteiger partial charge on any atom is -0.392 e. The third-order valence-corrected chi connectivity index (χ3v) is 2.40. The molecule has 2 aliphatic rings. The van der Waals surface area contributed by atoms with Crippen LogP contribution in [-0.4, -0.2) is 24.3 Å². The molecule has 1 atom stereocenters.